The van der Waals surface area contributed by atoms with Crippen LogP contribution in [0, 0.1) is 5.92 Å². The van der Waals surface area contributed by atoms with Crippen LogP contribution in [0.25, 0.3) is 0 Å². The van der Waals surface area contributed by atoms with Crippen LogP contribution in [0.15, 0.2) is 16.5 Å². The zero-order chi connectivity index (χ0) is 12.3. The quantitative estimate of drug-likeness (QED) is 0.822. The highest BCUT2D eigenvalue weighted by atomic mass is 16.4. The van der Waals surface area contributed by atoms with Gasteiger partial charge in [-0.05, 0) is 50.5 Å². The Morgan fingerprint density at radius 3 is 2.71 bits per heavy atom. The summed E-state index contributed by atoms with van der Waals surface area (Å²) in [5.41, 5.74) is 5.64. The maximum Gasteiger partial charge on any atom is 0.371 e. The highest BCUT2D eigenvalue weighted by Gasteiger charge is 2.19. The van der Waals surface area contributed by atoms with Crippen molar-refractivity contribution in [3.63, 3.8) is 0 Å². The van der Waals surface area contributed by atoms with Crippen molar-refractivity contribution in [1.82, 2.24) is 4.90 Å². The second-order valence-electron chi connectivity index (χ2n) is 4.53. The number of rotatable bonds is 4. The third-order valence-electron chi connectivity index (χ3n) is 3.29. The van der Waals surface area contributed by atoms with Crippen LogP contribution in [0.1, 0.15) is 29.2 Å². The van der Waals surface area contributed by atoms with E-state index in [0.29, 0.717) is 18.2 Å². The number of carboxylic acids is 1. The number of nitrogens with zero attached hydrogens (tertiary/aromatic N) is 1. The molecule has 1 aromatic rings. The molecule has 1 fully saturated rings. The van der Waals surface area contributed by atoms with Crippen molar-refractivity contribution in [2.75, 3.05) is 19.6 Å². The van der Waals surface area contributed by atoms with Crippen molar-refractivity contribution in [2.24, 2.45) is 11.7 Å². The number of aromatic carboxylic acids is 1. The molecule has 0 bridgehead atoms. The average molecular weight is 238 g/mol. The van der Waals surface area contributed by atoms with E-state index in [-0.39, 0.29) is 5.76 Å². The van der Waals surface area contributed by atoms with Crippen LogP contribution in [0.2, 0.25) is 0 Å². The van der Waals surface area contributed by atoms with E-state index in [0.717, 1.165) is 32.5 Å². The summed E-state index contributed by atoms with van der Waals surface area (Å²) >= 11 is 0. The zero-order valence-corrected chi connectivity index (χ0v) is 9.76. The highest BCUT2D eigenvalue weighted by molar-refractivity contribution is 5.84. The minimum absolute atomic E-state index is 0.0110. The van der Waals surface area contributed by atoms with Crippen LogP contribution in [0.3, 0.4) is 0 Å². The molecule has 0 saturated carbocycles. The largest absolute Gasteiger partial charge is 0.475 e. The molecular weight excluding hydrogens is 220 g/mol. The molecule has 3 N–H and O–H groups in total. The van der Waals surface area contributed by atoms with Gasteiger partial charge in [0, 0.05) is 0 Å². The molecule has 17 heavy (non-hydrogen) atoms. The lowest BCUT2D eigenvalue weighted by Crippen LogP contribution is -2.35. The fourth-order valence-electron chi connectivity index (χ4n) is 2.18. The van der Waals surface area contributed by atoms with Gasteiger partial charge < -0.3 is 15.3 Å². The fourth-order valence-corrected chi connectivity index (χ4v) is 2.18. The Balaban J connectivity index is 1.86. The molecule has 0 atom stereocenters. The number of carbonyl (C=O) groups is 1. The van der Waals surface area contributed by atoms with Crippen LogP contribution in [-0.4, -0.2) is 35.6 Å². The van der Waals surface area contributed by atoms with Crippen molar-refractivity contribution in [1.29, 1.82) is 0 Å². The van der Waals surface area contributed by atoms with Crippen LogP contribution in [0.4, 0.5) is 0 Å². The van der Waals surface area contributed by atoms with Crippen molar-refractivity contribution in [2.45, 2.75) is 19.4 Å². The first-order valence-electron chi connectivity index (χ1n) is 5.93. The summed E-state index contributed by atoms with van der Waals surface area (Å²) in [6.45, 7) is 3.46. The lowest BCUT2D eigenvalue weighted by Gasteiger charge is -2.30. The molecule has 1 aliphatic heterocycles. The topological polar surface area (TPSA) is 79.7 Å². The molecule has 5 nitrogen and oxygen atoms in total. The second-order valence-corrected chi connectivity index (χ2v) is 4.53. The molecule has 2 heterocycles. The Bertz CT molecular complexity index is 381. The summed E-state index contributed by atoms with van der Waals surface area (Å²) in [5, 5.41) is 8.75. The van der Waals surface area contributed by atoms with Crippen molar-refractivity contribution in [3.8, 4) is 0 Å². The molecule has 0 aromatic carbocycles. The van der Waals surface area contributed by atoms with Gasteiger partial charge in [0.2, 0.25) is 5.76 Å². The molecule has 1 aromatic heterocycles. The minimum atomic E-state index is -1.02. The Morgan fingerprint density at radius 2 is 2.18 bits per heavy atom. The van der Waals surface area contributed by atoms with Gasteiger partial charge in [0.15, 0.2) is 0 Å². The van der Waals surface area contributed by atoms with Crippen LogP contribution in [-0.2, 0) is 6.54 Å². The summed E-state index contributed by atoms with van der Waals surface area (Å²) in [6.07, 6.45) is 2.23. The molecule has 0 aliphatic carbocycles. The number of hydrogen-bond donors (Lipinski definition) is 2. The van der Waals surface area contributed by atoms with Gasteiger partial charge in [0.05, 0.1) is 6.54 Å². The number of furan rings is 1. The summed E-state index contributed by atoms with van der Waals surface area (Å²) in [6, 6.07) is 3.24. The average Bonchev–Trinajstić information content (AvgIpc) is 2.79. The van der Waals surface area contributed by atoms with Gasteiger partial charge in [-0.1, -0.05) is 0 Å². The Kier molecular flexibility index (Phi) is 3.81. The molecule has 0 radical (unpaired) electrons. The third-order valence-corrected chi connectivity index (χ3v) is 3.29. The predicted octanol–water partition coefficient (Wildman–Crippen LogP) is 1.15. The van der Waals surface area contributed by atoms with E-state index < -0.39 is 5.97 Å². The fraction of sp³-hybridized carbons (Fsp3) is 0.583. The van der Waals surface area contributed by atoms with E-state index in [2.05, 4.69) is 4.90 Å². The minimum Gasteiger partial charge on any atom is -0.475 e. The van der Waals surface area contributed by atoms with E-state index in [9.17, 15) is 4.79 Å². The number of carboxylic acid groups (broad SMARTS) is 1. The van der Waals surface area contributed by atoms with E-state index in [1.807, 2.05) is 0 Å². The van der Waals surface area contributed by atoms with E-state index >= 15 is 0 Å². The highest BCUT2D eigenvalue weighted by Crippen LogP contribution is 2.18. The molecule has 0 amide bonds. The second kappa shape index (κ2) is 5.33. The Labute approximate surface area is 100 Å². The monoisotopic (exact) mass is 238 g/mol. The lowest BCUT2D eigenvalue weighted by molar-refractivity contribution is 0.0657. The Hall–Kier alpha value is -1.33. The van der Waals surface area contributed by atoms with Gasteiger partial charge in [0.1, 0.15) is 5.76 Å². The predicted molar refractivity (Wildman–Crippen MR) is 62.7 cm³/mol. The molecular formula is C12H18N2O3. The summed E-state index contributed by atoms with van der Waals surface area (Å²) < 4.78 is 5.24. The molecule has 5 heteroatoms. The first kappa shape index (κ1) is 12.1. The summed E-state index contributed by atoms with van der Waals surface area (Å²) in [4.78, 5) is 12.9. The van der Waals surface area contributed by atoms with Gasteiger partial charge in [-0.25, -0.2) is 4.79 Å². The first-order valence-corrected chi connectivity index (χ1v) is 5.93. The third kappa shape index (κ3) is 3.08. The number of nitrogens with two attached hydrogens (primary N) is 1. The smallest absolute Gasteiger partial charge is 0.371 e. The maximum atomic E-state index is 10.7. The summed E-state index contributed by atoms with van der Waals surface area (Å²) in [7, 11) is 0. The molecule has 1 aliphatic rings. The van der Waals surface area contributed by atoms with E-state index in [1.165, 1.54) is 6.07 Å². The van der Waals surface area contributed by atoms with Crippen molar-refractivity contribution in [3.05, 3.63) is 23.7 Å². The molecule has 2 rings (SSSR count). The van der Waals surface area contributed by atoms with Crippen LogP contribution in [0.5, 0.6) is 0 Å². The van der Waals surface area contributed by atoms with E-state index in [1.54, 1.807) is 6.07 Å². The van der Waals surface area contributed by atoms with Gasteiger partial charge in [0.25, 0.3) is 0 Å². The normalized spacial score (nSPS) is 18.4. The molecule has 0 unspecified atom stereocenters. The lowest BCUT2D eigenvalue weighted by atomic mass is 9.97. The number of likely N-dealkylation sites (tertiary alicyclic amines) is 1. The number of hydrogen-bond acceptors (Lipinski definition) is 4. The van der Waals surface area contributed by atoms with Gasteiger partial charge >= 0.3 is 5.97 Å². The zero-order valence-electron chi connectivity index (χ0n) is 9.76. The molecule has 0 spiro atoms. The SMILES string of the molecule is NCC1CCN(Cc2ccc(C(=O)O)o2)CC1. The van der Waals surface area contributed by atoms with E-state index in [4.69, 9.17) is 15.3 Å². The van der Waals surface area contributed by atoms with Crippen molar-refractivity contribution < 1.29 is 14.3 Å². The first-order chi connectivity index (χ1) is 8.19. The van der Waals surface area contributed by atoms with Gasteiger partial charge in [-0.2, -0.15) is 0 Å². The van der Waals surface area contributed by atoms with Gasteiger partial charge in [-0.3, -0.25) is 4.90 Å². The van der Waals surface area contributed by atoms with Crippen molar-refractivity contribution >= 4 is 5.97 Å². The van der Waals surface area contributed by atoms with Gasteiger partial charge in [-0.15, -0.1) is 0 Å². The van der Waals surface area contributed by atoms with Crippen LogP contribution >= 0.6 is 0 Å². The Morgan fingerprint density at radius 1 is 1.47 bits per heavy atom. The van der Waals surface area contributed by atoms with Crippen LogP contribution < -0.4 is 5.73 Å². The standard InChI is InChI=1S/C12H18N2O3/c13-7-9-3-5-14(6-4-9)8-10-1-2-11(17-10)12(15)16/h1-2,9H,3-8,13H2,(H,15,16). The molecule has 94 valence electrons. The summed E-state index contributed by atoms with van der Waals surface area (Å²) in [5.74, 6) is 0.348. The molecule has 1 saturated heterocycles. The maximum absolute atomic E-state index is 10.7. The number of piperidine rings is 1.